The highest BCUT2D eigenvalue weighted by Gasteiger charge is 2.29. The van der Waals surface area contributed by atoms with Crippen molar-refractivity contribution >= 4 is 11.6 Å². The standard InChI is InChI=1S/C20H31N3O/c1-16(2)19-9-6-11-23(19)15-20(24)21-13-17-10-12-22(14-17)18-7-4-3-5-8-18/h3-5,7-8,16-17,19H,6,9-15H2,1-2H3,(H,21,24)/t17-,19-/m0/s1. The van der Waals surface area contributed by atoms with Crippen LogP contribution in [-0.2, 0) is 4.79 Å². The van der Waals surface area contributed by atoms with Gasteiger partial charge in [-0.25, -0.2) is 0 Å². The average Bonchev–Trinajstić information content (AvgIpc) is 3.23. The van der Waals surface area contributed by atoms with Crippen LogP contribution in [-0.4, -0.2) is 49.6 Å². The fraction of sp³-hybridized carbons (Fsp3) is 0.650. The molecule has 1 aromatic carbocycles. The summed E-state index contributed by atoms with van der Waals surface area (Å²) in [6.07, 6.45) is 3.62. The van der Waals surface area contributed by atoms with Crippen molar-refractivity contribution in [3.8, 4) is 0 Å². The molecule has 0 saturated carbocycles. The molecule has 2 atom stereocenters. The van der Waals surface area contributed by atoms with Crippen LogP contribution in [0.3, 0.4) is 0 Å². The quantitative estimate of drug-likeness (QED) is 0.872. The lowest BCUT2D eigenvalue weighted by Gasteiger charge is -2.27. The Hall–Kier alpha value is -1.55. The van der Waals surface area contributed by atoms with E-state index in [9.17, 15) is 4.79 Å². The molecular formula is C20H31N3O. The number of carbonyl (C=O) groups excluding carboxylic acids is 1. The number of nitrogens with one attached hydrogen (secondary N) is 1. The normalized spacial score (nSPS) is 24.7. The van der Waals surface area contributed by atoms with Gasteiger partial charge in [0, 0.05) is 31.4 Å². The van der Waals surface area contributed by atoms with Crippen molar-refractivity contribution in [2.24, 2.45) is 11.8 Å². The molecule has 4 heteroatoms. The molecule has 2 aliphatic rings. The Balaban J connectivity index is 1.41. The number of carbonyl (C=O) groups is 1. The summed E-state index contributed by atoms with van der Waals surface area (Å²) in [6, 6.07) is 11.1. The zero-order chi connectivity index (χ0) is 16.9. The van der Waals surface area contributed by atoms with Crippen LogP contribution in [0.1, 0.15) is 33.1 Å². The molecule has 2 heterocycles. The van der Waals surface area contributed by atoms with Crippen LogP contribution in [0.15, 0.2) is 30.3 Å². The maximum absolute atomic E-state index is 12.3. The minimum absolute atomic E-state index is 0.195. The van der Waals surface area contributed by atoms with Gasteiger partial charge in [-0.15, -0.1) is 0 Å². The van der Waals surface area contributed by atoms with Crippen LogP contribution in [0.2, 0.25) is 0 Å². The predicted molar refractivity (Wildman–Crippen MR) is 99.2 cm³/mol. The highest BCUT2D eigenvalue weighted by molar-refractivity contribution is 5.78. The Labute approximate surface area is 146 Å². The molecule has 24 heavy (non-hydrogen) atoms. The smallest absolute Gasteiger partial charge is 0.234 e. The van der Waals surface area contributed by atoms with Gasteiger partial charge in [0.1, 0.15) is 0 Å². The molecule has 0 bridgehead atoms. The number of hydrogen-bond acceptors (Lipinski definition) is 3. The van der Waals surface area contributed by atoms with Crippen molar-refractivity contribution in [2.75, 3.05) is 37.6 Å². The lowest BCUT2D eigenvalue weighted by molar-refractivity contribution is -0.122. The summed E-state index contributed by atoms with van der Waals surface area (Å²) in [6.45, 7) is 9.10. The van der Waals surface area contributed by atoms with E-state index in [1.54, 1.807) is 0 Å². The van der Waals surface area contributed by atoms with Crippen molar-refractivity contribution in [2.45, 2.75) is 39.2 Å². The molecule has 1 aromatic rings. The maximum atomic E-state index is 12.3. The highest BCUT2D eigenvalue weighted by atomic mass is 16.2. The summed E-state index contributed by atoms with van der Waals surface area (Å²) >= 11 is 0. The van der Waals surface area contributed by atoms with Gasteiger partial charge in [0.25, 0.3) is 0 Å². The van der Waals surface area contributed by atoms with E-state index < -0.39 is 0 Å². The van der Waals surface area contributed by atoms with E-state index in [0.29, 0.717) is 24.4 Å². The first-order valence-electron chi connectivity index (χ1n) is 9.44. The maximum Gasteiger partial charge on any atom is 0.234 e. The minimum atomic E-state index is 0.195. The molecule has 0 radical (unpaired) electrons. The molecule has 2 aliphatic heterocycles. The van der Waals surface area contributed by atoms with Gasteiger partial charge in [0.15, 0.2) is 0 Å². The average molecular weight is 329 g/mol. The first-order valence-corrected chi connectivity index (χ1v) is 9.44. The van der Waals surface area contributed by atoms with Crippen molar-refractivity contribution in [1.82, 2.24) is 10.2 Å². The fourth-order valence-electron chi connectivity index (χ4n) is 4.17. The first kappa shape index (κ1) is 17.3. The molecule has 1 amide bonds. The molecule has 4 nitrogen and oxygen atoms in total. The Morgan fingerprint density at radius 2 is 2.00 bits per heavy atom. The number of anilines is 1. The molecule has 2 fully saturated rings. The van der Waals surface area contributed by atoms with Gasteiger partial charge < -0.3 is 10.2 Å². The van der Waals surface area contributed by atoms with E-state index >= 15 is 0 Å². The van der Waals surface area contributed by atoms with Crippen LogP contribution < -0.4 is 10.2 Å². The second kappa shape index (κ2) is 8.02. The summed E-state index contributed by atoms with van der Waals surface area (Å²) in [7, 11) is 0. The number of amides is 1. The Morgan fingerprint density at radius 1 is 1.21 bits per heavy atom. The molecule has 0 spiro atoms. The number of benzene rings is 1. The number of rotatable bonds is 6. The molecule has 0 aromatic heterocycles. The van der Waals surface area contributed by atoms with Crippen LogP contribution in [0.5, 0.6) is 0 Å². The Kier molecular flexibility index (Phi) is 5.77. The van der Waals surface area contributed by atoms with Crippen LogP contribution >= 0.6 is 0 Å². The first-order chi connectivity index (χ1) is 11.6. The van der Waals surface area contributed by atoms with E-state index in [-0.39, 0.29) is 5.91 Å². The monoisotopic (exact) mass is 329 g/mol. The van der Waals surface area contributed by atoms with Gasteiger partial charge in [0.2, 0.25) is 5.91 Å². The van der Waals surface area contributed by atoms with Gasteiger partial charge in [-0.1, -0.05) is 32.0 Å². The molecule has 3 rings (SSSR count). The summed E-state index contributed by atoms with van der Waals surface area (Å²) in [4.78, 5) is 17.1. The van der Waals surface area contributed by atoms with Crippen LogP contribution in [0, 0.1) is 11.8 Å². The minimum Gasteiger partial charge on any atom is -0.371 e. The number of nitrogens with zero attached hydrogens (tertiary/aromatic N) is 2. The summed E-state index contributed by atoms with van der Waals surface area (Å²) in [5.74, 6) is 1.39. The summed E-state index contributed by atoms with van der Waals surface area (Å²) in [5.41, 5.74) is 1.29. The second-order valence-electron chi connectivity index (χ2n) is 7.66. The largest absolute Gasteiger partial charge is 0.371 e. The van der Waals surface area contributed by atoms with Gasteiger partial charge in [-0.2, -0.15) is 0 Å². The second-order valence-corrected chi connectivity index (χ2v) is 7.66. The molecule has 0 unspecified atom stereocenters. The molecular weight excluding hydrogens is 298 g/mol. The van der Waals surface area contributed by atoms with Crippen LogP contribution in [0.25, 0.3) is 0 Å². The third-order valence-corrected chi connectivity index (χ3v) is 5.53. The highest BCUT2D eigenvalue weighted by Crippen LogP contribution is 2.24. The van der Waals surface area contributed by atoms with Gasteiger partial charge in [0.05, 0.1) is 6.54 Å². The van der Waals surface area contributed by atoms with Crippen molar-refractivity contribution in [1.29, 1.82) is 0 Å². The number of hydrogen-bond donors (Lipinski definition) is 1. The molecule has 132 valence electrons. The Morgan fingerprint density at radius 3 is 2.75 bits per heavy atom. The summed E-state index contributed by atoms with van der Waals surface area (Å²) in [5, 5.41) is 3.18. The van der Waals surface area contributed by atoms with Gasteiger partial charge >= 0.3 is 0 Å². The Bertz CT molecular complexity index is 531. The third kappa shape index (κ3) is 4.29. The lowest BCUT2D eigenvalue weighted by Crippen LogP contribution is -2.43. The summed E-state index contributed by atoms with van der Waals surface area (Å²) < 4.78 is 0. The molecule has 0 aliphatic carbocycles. The fourth-order valence-corrected chi connectivity index (χ4v) is 4.17. The van der Waals surface area contributed by atoms with Crippen LogP contribution in [0.4, 0.5) is 5.69 Å². The topological polar surface area (TPSA) is 35.6 Å². The van der Waals surface area contributed by atoms with Crippen molar-refractivity contribution in [3.05, 3.63) is 30.3 Å². The van der Waals surface area contributed by atoms with Gasteiger partial charge in [-0.05, 0) is 49.8 Å². The predicted octanol–water partition coefficient (Wildman–Crippen LogP) is 2.75. The number of para-hydroxylation sites is 1. The SMILES string of the molecule is CC(C)[C@@H]1CCCN1CC(=O)NC[C@@H]1CCN(c2ccccc2)C1. The van der Waals surface area contributed by atoms with E-state index in [1.807, 2.05) is 0 Å². The van der Waals surface area contributed by atoms with E-state index in [1.165, 1.54) is 18.5 Å². The lowest BCUT2D eigenvalue weighted by atomic mass is 10.0. The van der Waals surface area contributed by atoms with Gasteiger partial charge in [-0.3, -0.25) is 9.69 Å². The zero-order valence-electron chi connectivity index (χ0n) is 15.1. The third-order valence-electron chi connectivity index (χ3n) is 5.53. The molecule has 1 N–H and O–H groups in total. The zero-order valence-corrected chi connectivity index (χ0v) is 15.1. The van der Waals surface area contributed by atoms with Crippen molar-refractivity contribution in [3.63, 3.8) is 0 Å². The van der Waals surface area contributed by atoms with Crippen molar-refractivity contribution < 1.29 is 4.79 Å². The molecule has 2 saturated heterocycles. The van der Waals surface area contributed by atoms with E-state index in [2.05, 4.69) is 59.3 Å². The van der Waals surface area contributed by atoms with E-state index in [0.717, 1.165) is 32.6 Å². The van der Waals surface area contributed by atoms with E-state index in [4.69, 9.17) is 0 Å². The number of likely N-dealkylation sites (tertiary alicyclic amines) is 1.